The van der Waals surface area contributed by atoms with Crippen molar-refractivity contribution in [2.75, 3.05) is 13.2 Å². The average molecular weight is 281 g/mol. The van der Waals surface area contributed by atoms with Crippen LogP contribution in [0.3, 0.4) is 0 Å². The SMILES string of the molecule is CCCn1cc(C(=O)OCC)cc(C(=O)OCC)c1=O. The summed E-state index contributed by atoms with van der Waals surface area (Å²) in [4.78, 5) is 35.6. The van der Waals surface area contributed by atoms with E-state index in [-0.39, 0.29) is 24.3 Å². The Morgan fingerprint density at radius 3 is 2.25 bits per heavy atom. The maximum atomic E-state index is 12.1. The van der Waals surface area contributed by atoms with Gasteiger partial charge in [-0.05, 0) is 26.3 Å². The molecule has 6 nitrogen and oxygen atoms in total. The number of esters is 2. The van der Waals surface area contributed by atoms with Crippen LogP contribution in [0.4, 0.5) is 0 Å². The van der Waals surface area contributed by atoms with Gasteiger partial charge < -0.3 is 14.0 Å². The molecule has 1 aromatic heterocycles. The van der Waals surface area contributed by atoms with E-state index in [4.69, 9.17) is 9.47 Å². The highest BCUT2D eigenvalue weighted by Gasteiger charge is 2.18. The summed E-state index contributed by atoms with van der Waals surface area (Å²) in [6.45, 7) is 6.03. The van der Waals surface area contributed by atoms with Crippen LogP contribution in [0.15, 0.2) is 17.1 Å². The molecule has 0 unspecified atom stereocenters. The van der Waals surface area contributed by atoms with Crippen molar-refractivity contribution in [2.24, 2.45) is 0 Å². The van der Waals surface area contributed by atoms with Gasteiger partial charge in [-0.3, -0.25) is 4.79 Å². The van der Waals surface area contributed by atoms with Crippen molar-refractivity contribution in [1.82, 2.24) is 4.57 Å². The third-order valence-corrected chi connectivity index (χ3v) is 2.56. The Bertz CT molecular complexity index is 547. The van der Waals surface area contributed by atoms with Crippen molar-refractivity contribution in [3.8, 4) is 0 Å². The number of ether oxygens (including phenoxy) is 2. The molecule has 0 saturated carbocycles. The van der Waals surface area contributed by atoms with Crippen LogP contribution in [-0.4, -0.2) is 29.7 Å². The Morgan fingerprint density at radius 1 is 1.10 bits per heavy atom. The van der Waals surface area contributed by atoms with E-state index in [1.54, 1.807) is 13.8 Å². The zero-order valence-electron chi connectivity index (χ0n) is 12.0. The predicted molar refractivity (Wildman–Crippen MR) is 72.9 cm³/mol. The van der Waals surface area contributed by atoms with E-state index >= 15 is 0 Å². The standard InChI is InChI=1S/C14H19NO5/c1-4-7-15-9-10(13(17)19-5-2)8-11(12(15)16)14(18)20-6-3/h8-9H,4-7H2,1-3H3. The summed E-state index contributed by atoms with van der Waals surface area (Å²) in [6.07, 6.45) is 2.11. The fourth-order valence-electron chi connectivity index (χ4n) is 1.72. The molecular weight excluding hydrogens is 262 g/mol. The molecule has 0 radical (unpaired) electrons. The molecule has 20 heavy (non-hydrogen) atoms. The van der Waals surface area contributed by atoms with E-state index in [1.807, 2.05) is 6.92 Å². The van der Waals surface area contributed by atoms with Crippen LogP contribution in [0.2, 0.25) is 0 Å². The molecule has 0 saturated heterocycles. The van der Waals surface area contributed by atoms with Gasteiger partial charge in [0.1, 0.15) is 5.56 Å². The van der Waals surface area contributed by atoms with Gasteiger partial charge in [0.25, 0.3) is 5.56 Å². The van der Waals surface area contributed by atoms with Crippen LogP contribution in [0.1, 0.15) is 47.9 Å². The van der Waals surface area contributed by atoms with Crippen molar-refractivity contribution >= 4 is 11.9 Å². The molecule has 110 valence electrons. The lowest BCUT2D eigenvalue weighted by molar-refractivity contribution is 0.0521. The summed E-state index contributed by atoms with van der Waals surface area (Å²) in [6, 6.07) is 1.23. The number of carbonyl (C=O) groups is 2. The number of rotatable bonds is 6. The molecule has 0 bridgehead atoms. The first kappa shape index (κ1) is 15.9. The second-order valence-corrected chi connectivity index (χ2v) is 4.08. The van der Waals surface area contributed by atoms with Crippen molar-refractivity contribution < 1.29 is 19.1 Å². The molecule has 0 amide bonds. The van der Waals surface area contributed by atoms with Gasteiger partial charge in [-0.25, -0.2) is 9.59 Å². The first-order valence-corrected chi connectivity index (χ1v) is 6.63. The van der Waals surface area contributed by atoms with Crippen molar-refractivity contribution in [3.63, 3.8) is 0 Å². The maximum Gasteiger partial charge on any atom is 0.343 e. The van der Waals surface area contributed by atoms with Crippen LogP contribution in [-0.2, 0) is 16.0 Å². The molecular formula is C14H19NO5. The summed E-state index contributed by atoms with van der Waals surface area (Å²) in [5, 5.41) is 0. The molecule has 0 aliphatic rings. The van der Waals surface area contributed by atoms with Crippen molar-refractivity contribution in [3.05, 3.63) is 33.7 Å². The molecule has 0 fully saturated rings. The van der Waals surface area contributed by atoms with Crippen LogP contribution in [0.5, 0.6) is 0 Å². The average Bonchev–Trinajstić information content (AvgIpc) is 2.41. The lowest BCUT2D eigenvalue weighted by Crippen LogP contribution is -2.28. The Hall–Kier alpha value is -2.11. The zero-order chi connectivity index (χ0) is 15.1. The van der Waals surface area contributed by atoms with Gasteiger partial charge in [-0.2, -0.15) is 0 Å². The Morgan fingerprint density at radius 2 is 1.70 bits per heavy atom. The largest absolute Gasteiger partial charge is 0.462 e. The van der Waals surface area contributed by atoms with Crippen LogP contribution in [0.25, 0.3) is 0 Å². The van der Waals surface area contributed by atoms with E-state index in [1.165, 1.54) is 16.8 Å². The van der Waals surface area contributed by atoms with E-state index in [9.17, 15) is 14.4 Å². The number of aryl methyl sites for hydroxylation is 1. The molecule has 0 aliphatic carbocycles. The van der Waals surface area contributed by atoms with Gasteiger partial charge in [-0.1, -0.05) is 6.92 Å². The number of hydrogen-bond donors (Lipinski definition) is 0. The minimum absolute atomic E-state index is 0.147. The molecule has 1 heterocycles. The van der Waals surface area contributed by atoms with E-state index in [2.05, 4.69) is 0 Å². The van der Waals surface area contributed by atoms with Crippen molar-refractivity contribution in [1.29, 1.82) is 0 Å². The number of carbonyl (C=O) groups excluding carboxylic acids is 2. The van der Waals surface area contributed by atoms with E-state index < -0.39 is 17.5 Å². The molecule has 1 aromatic rings. The van der Waals surface area contributed by atoms with Gasteiger partial charge in [0.05, 0.1) is 18.8 Å². The first-order valence-electron chi connectivity index (χ1n) is 6.63. The monoisotopic (exact) mass is 281 g/mol. The highest BCUT2D eigenvalue weighted by molar-refractivity contribution is 5.94. The first-order chi connectivity index (χ1) is 9.54. The summed E-state index contributed by atoms with van der Waals surface area (Å²) in [5.41, 5.74) is -0.438. The number of nitrogens with zero attached hydrogens (tertiary/aromatic N) is 1. The lowest BCUT2D eigenvalue weighted by atomic mass is 10.2. The smallest absolute Gasteiger partial charge is 0.343 e. The van der Waals surface area contributed by atoms with Crippen molar-refractivity contribution in [2.45, 2.75) is 33.7 Å². The number of hydrogen-bond acceptors (Lipinski definition) is 5. The number of pyridine rings is 1. The molecule has 0 aromatic carbocycles. The number of aromatic nitrogens is 1. The predicted octanol–water partition coefficient (Wildman–Crippen LogP) is 1.61. The normalized spacial score (nSPS) is 10.2. The van der Waals surface area contributed by atoms with Gasteiger partial charge in [0.2, 0.25) is 0 Å². The zero-order valence-corrected chi connectivity index (χ0v) is 12.0. The summed E-state index contributed by atoms with van der Waals surface area (Å²) >= 11 is 0. The van der Waals surface area contributed by atoms with Gasteiger partial charge in [0, 0.05) is 12.7 Å². The molecule has 1 rings (SSSR count). The Labute approximate surface area is 117 Å². The Balaban J connectivity index is 3.31. The van der Waals surface area contributed by atoms with E-state index in [0.29, 0.717) is 13.0 Å². The topological polar surface area (TPSA) is 74.6 Å². The lowest BCUT2D eigenvalue weighted by Gasteiger charge is -2.10. The van der Waals surface area contributed by atoms with Gasteiger partial charge in [0.15, 0.2) is 0 Å². The molecule has 0 spiro atoms. The summed E-state index contributed by atoms with van der Waals surface area (Å²) in [7, 11) is 0. The highest BCUT2D eigenvalue weighted by Crippen LogP contribution is 2.06. The van der Waals surface area contributed by atoms with Gasteiger partial charge >= 0.3 is 11.9 Å². The Kier molecular flexibility index (Phi) is 5.96. The van der Waals surface area contributed by atoms with Gasteiger partial charge in [-0.15, -0.1) is 0 Å². The quantitative estimate of drug-likeness (QED) is 0.741. The summed E-state index contributed by atoms with van der Waals surface area (Å²) in [5.74, 6) is -1.29. The molecule has 0 aliphatic heterocycles. The minimum Gasteiger partial charge on any atom is -0.462 e. The fraction of sp³-hybridized carbons (Fsp3) is 0.500. The van der Waals surface area contributed by atoms with Crippen LogP contribution in [0, 0.1) is 0 Å². The summed E-state index contributed by atoms with van der Waals surface area (Å²) < 4.78 is 11.1. The van der Waals surface area contributed by atoms with Crippen LogP contribution < -0.4 is 5.56 Å². The fourth-order valence-corrected chi connectivity index (χ4v) is 1.72. The maximum absolute atomic E-state index is 12.1. The second-order valence-electron chi connectivity index (χ2n) is 4.08. The molecule has 0 atom stereocenters. The third-order valence-electron chi connectivity index (χ3n) is 2.56. The van der Waals surface area contributed by atoms with E-state index in [0.717, 1.165) is 0 Å². The molecule has 6 heteroatoms. The van der Waals surface area contributed by atoms with Crippen LogP contribution >= 0.6 is 0 Å². The highest BCUT2D eigenvalue weighted by atomic mass is 16.5. The molecule has 0 N–H and O–H groups in total. The minimum atomic E-state index is -0.728. The third kappa shape index (κ3) is 3.69. The second kappa shape index (κ2) is 7.47.